The summed E-state index contributed by atoms with van der Waals surface area (Å²) in [7, 11) is 0. The van der Waals surface area contributed by atoms with E-state index in [-0.39, 0.29) is 17.7 Å². The number of nitrogens with zero attached hydrogens (tertiary/aromatic N) is 1. The highest BCUT2D eigenvalue weighted by Gasteiger charge is 2.14. The Labute approximate surface area is 146 Å². The van der Waals surface area contributed by atoms with Crippen LogP contribution < -0.4 is 5.32 Å². The molecule has 1 atom stereocenters. The van der Waals surface area contributed by atoms with Gasteiger partial charge in [-0.15, -0.1) is 0 Å². The molecule has 0 aliphatic carbocycles. The minimum absolute atomic E-state index is 0.0755. The smallest absolute Gasteiger partial charge is 0.220 e. The fraction of sp³-hybridized carbons (Fsp3) is 0.200. The number of phenolic OH excluding ortho intramolecular Hbond substituents is 1. The summed E-state index contributed by atoms with van der Waals surface area (Å²) in [5, 5.41) is 12.7. The fourth-order valence-electron chi connectivity index (χ4n) is 2.67. The zero-order chi connectivity index (χ0) is 17.6. The third-order valence-corrected chi connectivity index (χ3v) is 4.08. The highest BCUT2D eigenvalue weighted by molar-refractivity contribution is 5.76. The molecular formula is C20H21N3O2. The molecule has 3 rings (SSSR count). The number of phenols is 1. The number of aryl methyl sites for hydroxylation is 1. The summed E-state index contributed by atoms with van der Waals surface area (Å²) in [6.45, 7) is 1.89. The van der Waals surface area contributed by atoms with Crippen molar-refractivity contribution < 1.29 is 9.90 Å². The monoisotopic (exact) mass is 335 g/mol. The molecule has 1 amide bonds. The van der Waals surface area contributed by atoms with Crippen molar-refractivity contribution in [1.82, 2.24) is 15.3 Å². The number of para-hydroxylation sites is 1. The van der Waals surface area contributed by atoms with Gasteiger partial charge in [0, 0.05) is 6.42 Å². The Hall–Kier alpha value is -3.08. The van der Waals surface area contributed by atoms with Crippen molar-refractivity contribution >= 4 is 5.91 Å². The van der Waals surface area contributed by atoms with Crippen molar-refractivity contribution in [2.24, 2.45) is 0 Å². The van der Waals surface area contributed by atoms with Gasteiger partial charge in [0.1, 0.15) is 11.6 Å². The molecule has 0 radical (unpaired) electrons. The van der Waals surface area contributed by atoms with Crippen LogP contribution in [0.15, 0.2) is 60.8 Å². The van der Waals surface area contributed by atoms with Gasteiger partial charge in [0.05, 0.1) is 17.9 Å². The molecule has 0 spiro atoms. The lowest BCUT2D eigenvalue weighted by molar-refractivity contribution is -0.121. The number of amides is 1. The summed E-state index contributed by atoms with van der Waals surface area (Å²) in [6.07, 6.45) is 2.59. The molecule has 1 unspecified atom stereocenters. The maximum Gasteiger partial charge on any atom is 0.220 e. The fourth-order valence-corrected chi connectivity index (χ4v) is 2.67. The van der Waals surface area contributed by atoms with E-state index in [1.807, 2.05) is 49.4 Å². The first kappa shape index (κ1) is 16.8. The van der Waals surface area contributed by atoms with Crippen LogP contribution in [0.3, 0.4) is 0 Å². The van der Waals surface area contributed by atoms with Crippen molar-refractivity contribution in [2.75, 3.05) is 0 Å². The van der Waals surface area contributed by atoms with Gasteiger partial charge in [-0.05, 0) is 30.5 Å². The molecule has 0 saturated carbocycles. The Morgan fingerprint density at radius 3 is 2.64 bits per heavy atom. The van der Waals surface area contributed by atoms with E-state index in [0.29, 0.717) is 12.8 Å². The molecule has 2 aromatic carbocycles. The van der Waals surface area contributed by atoms with E-state index in [4.69, 9.17) is 0 Å². The molecule has 3 aromatic rings. The van der Waals surface area contributed by atoms with Crippen LogP contribution in [0.4, 0.5) is 0 Å². The predicted octanol–water partition coefficient (Wildman–Crippen LogP) is 3.59. The number of rotatable bonds is 6. The highest BCUT2D eigenvalue weighted by Crippen LogP contribution is 2.20. The third kappa shape index (κ3) is 4.26. The maximum atomic E-state index is 12.2. The van der Waals surface area contributed by atoms with Gasteiger partial charge in [0.15, 0.2) is 0 Å². The molecule has 0 aliphatic heterocycles. The van der Waals surface area contributed by atoms with Gasteiger partial charge < -0.3 is 15.4 Å². The molecule has 0 aliphatic rings. The molecule has 5 nitrogen and oxygen atoms in total. The zero-order valence-corrected chi connectivity index (χ0v) is 14.1. The van der Waals surface area contributed by atoms with Crippen LogP contribution >= 0.6 is 0 Å². The molecule has 5 heteroatoms. The SMILES string of the molecule is CC(NC(=O)CCc1ccccc1O)c1ncc(-c2ccccc2)[nH]1. The van der Waals surface area contributed by atoms with E-state index in [2.05, 4.69) is 15.3 Å². The summed E-state index contributed by atoms with van der Waals surface area (Å²) in [5.41, 5.74) is 2.75. The van der Waals surface area contributed by atoms with Gasteiger partial charge in [-0.3, -0.25) is 4.79 Å². The minimum Gasteiger partial charge on any atom is -0.508 e. The topological polar surface area (TPSA) is 78.0 Å². The van der Waals surface area contributed by atoms with Crippen LogP contribution in [-0.2, 0) is 11.2 Å². The van der Waals surface area contributed by atoms with Gasteiger partial charge in [0.2, 0.25) is 5.91 Å². The first-order valence-electron chi connectivity index (χ1n) is 8.30. The molecule has 0 bridgehead atoms. The number of hydrogen-bond acceptors (Lipinski definition) is 3. The molecule has 3 N–H and O–H groups in total. The minimum atomic E-state index is -0.214. The Bertz CT molecular complexity index is 843. The second-order valence-electron chi connectivity index (χ2n) is 5.97. The van der Waals surface area contributed by atoms with Crippen molar-refractivity contribution in [3.05, 3.63) is 72.2 Å². The van der Waals surface area contributed by atoms with E-state index in [9.17, 15) is 9.90 Å². The summed E-state index contributed by atoms with van der Waals surface area (Å²) in [6, 6.07) is 16.8. The first-order chi connectivity index (χ1) is 12.1. The van der Waals surface area contributed by atoms with Crippen molar-refractivity contribution in [3.8, 4) is 17.0 Å². The number of carbonyl (C=O) groups is 1. The van der Waals surface area contributed by atoms with Crippen molar-refractivity contribution in [2.45, 2.75) is 25.8 Å². The summed E-state index contributed by atoms with van der Waals surface area (Å²) in [5.74, 6) is 0.866. The number of aromatic hydroxyl groups is 1. The first-order valence-corrected chi connectivity index (χ1v) is 8.30. The summed E-state index contributed by atoms with van der Waals surface area (Å²) in [4.78, 5) is 19.8. The quantitative estimate of drug-likeness (QED) is 0.644. The van der Waals surface area contributed by atoms with Crippen LogP contribution in [0.5, 0.6) is 5.75 Å². The van der Waals surface area contributed by atoms with Crippen LogP contribution in [0, 0.1) is 0 Å². The largest absolute Gasteiger partial charge is 0.508 e. The van der Waals surface area contributed by atoms with E-state index < -0.39 is 0 Å². The van der Waals surface area contributed by atoms with Crippen molar-refractivity contribution in [1.29, 1.82) is 0 Å². The zero-order valence-electron chi connectivity index (χ0n) is 14.1. The van der Waals surface area contributed by atoms with Crippen LogP contribution in [0.2, 0.25) is 0 Å². The second kappa shape index (κ2) is 7.66. The third-order valence-electron chi connectivity index (χ3n) is 4.08. The lowest BCUT2D eigenvalue weighted by Crippen LogP contribution is -2.27. The van der Waals surface area contributed by atoms with E-state index in [0.717, 1.165) is 22.6 Å². The number of H-pyrrole nitrogens is 1. The van der Waals surface area contributed by atoms with Gasteiger partial charge in [-0.1, -0.05) is 48.5 Å². The van der Waals surface area contributed by atoms with Crippen LogP contribution in [0.1, 0.15) is 30.8 Å². The number of hydrogen-bond donors (Lipinski definition) is 3. The molecular weight excluding hydrogens is 314 g/mol. The Morgan fingerprint density at radius 2 is 1.88 bits per heavy atom. The second-order valence-corrected chi connectivity index (χ2v) is 5.97. The summed E-state index contributed by atoms with van der Waals surface area (Å²) < 4.78 is 0. The number of nitrogens with one attached hydrogen (secondary N) is 2. The Kier molecular flexibility index (Phi) is 5.14. The molecule has 0 fully saturated rings. The lowest BCUT2D eigenvalue weighted by atomic mass is 10.1. The molecule has 1 heterocycles. The number of imidazole rings is 1. The summed E-state index contributed by atoms with van der Waals surface area (Å²) >= 11 is 0. The predicted molar refractivity (Wildman–Crippen MR) is 97.0 cm³/mol. The lowest BCUT2D eigenvalue weighted by Gasteiger charge is -2.12. The van der Waals surface area contributed by atoms with Gasteiger partial charge in [0.25, 0.3) is 0 Å². The standard InChI is InChI=1S/C20H21N3O2/c1-14(20-21-13-17(23-20)15-7-3-2-4-8-15)22-19(25)12-11-16-9-5-6-10-18(16)24/h2-10,13-14,24H,11-12H2,1H3,(H,21,23)(H,22,25). The number of aromatic nitrogens is 2. The maximum absolute atomic E-state index is 12.2. The Morgan fingerprint density at radius 1 is 1.16 bits per heavy atom. The van der Waals surface area contributed by atoms with Crippen LogP contribution in [-0.4, -0.2) is 21.0 Å². The normalized spacial score (nSPS) is 11.9. The van der Waals surface area contributed by atoms with Crippen molar-refractivity contribution in [3.63, 3.8) is 0 Å². The van der Waals surface area contributed by atoms with Gasteiger partial charge in [-0.2, -0.15) is 0 Å². The average Bonchev–Trinajstić information content (AvgIpc) is 3.12. The van der Waals surface area contributed by atoms with Gasteiger partial charge in [-0.25, -0.2) is 4.98 Å². The number of carbonyl (C=O) groups excluding carboxylic acids is 1. The molecule has 1 aromatic heterocycles. The number of benzene rings is 2. The average molecular weight is 335 g/mol. The van der Waals surface area contributed by atoms with Crippen LogP contribution in [0.25, 0.3) is 11.3 Å². The van der Waals surface area contributed by atoms with E-state index in [1.54, 1.807) is 18.3 Å². The molecule has 25 heavy (non-hydrogen) atoms. The van der Waals surface area contributed by atoms with Gasteiger partial charge >= 0.3 is 0 Å². The molecule has 0 saturated heterocycles. The van der Waals surface area contributed by atoms with E-state index >= 15 is 0 Å². The highest BCUT2D eigenvalue weighted by atomic mass is 16.3. The number of aromatic amines is 1. The Balaban J connectivity index is 1.57. The molecule has 128 valence electrons. The van der Waals surface area contributed by atoms with E-state index in [1.165, 1.54) is 0 Å².